The van der Waals surface area contributed by atoms with Gasteiger partial charge in [0, 0.05) is 6.92 Å². The lowest BCUT2D eigenvalue weighted by Gasteiger charge is -2.02. The summed E-state index contributed by atoms with van der Waals surface area (Å²) in [7, 11) is 0. The number of carbonyl (C=O) groups is 3. The molecular weight excluding hydrogens is 150 g/mol. The zero-order valence-corrected chi connectivity index (χ0v) is 5.92. The lowest BCUT2D eigenvalue weighted by molar-refractivity contribution is -0.141. The number of cyclic esters (lactones) is 1. The largest absolute Gasteiger partial charge is 0.456 e. The molecule has 1 N–H and O–H groups in total. The van der Waals surface area contributed by atoms with E-state index in [1.807, 2.05) is 0 Å². The maximum Gasteiger partial charge on any atom is 0.337 e. The fraction of sp³-hybridized carbons (Fsp3) is 0.500. The number of amides is 1. The minimum Gasteiger partial charge on any atom is -0.456 e. The first kappa shape index (κ1) is 7.71. The Labute approximate surface area is 62.7 Å². The van der Waals surface area contributed by atoms with Gasteiger partial charge in [0.25, 0.3) is 0 Å². The van der Waals surface area contributed by atoms with Gasteiger partial charge in [-0.05, 0) is 0 Å². The molecule has 5 nitrogen and oxygen atoms in total. The van der Waals surface area contributed by atoms with Gasteiger partial charge in [-0.3, -0.25) is 9.59 Å². The molecule has 1 heterocycles. The molecule has 0 aromatic carbocycles. The summed E-state index contributed by atoms with van der Waals surface area (Å²) in [5.74, 6) is -1.49. The molecular formula is C6H7NO4. The van der Waals surface area contributed by atoms with Gasteiger partial charge in [-0.1, -0.05) is 0 Å². The van der Waals surface area contributed by atoms with Crippen molar-refractivity contribution in [3.8, 4) is 0 Å². The molecule has 1 atom stereocenters. The highest BCUT2D eigenvalue weighted by Gasteiger charge is 2.35. The van der Waals surface area contributed by atoms with Crippen LogP contribution in [-0.2, 0) is 19.1 Å². The summed E-state index contributed by atoms with van der Waals surface area (Å²) in [5.41, 5.74) is 0. The molecule has 1 fully saturated rings. The van der Waals surface area contributed by atoms with Crippen LogP contribution >= 0.6 is 0 Å². The summed E-state index contributed by atoms with van der Waals surface area (Å²) < 4.78 is 4.38. The number of carbonyl (C=O) groups excluding carboxylic acids is 3. The van der Waals surface area contributed by atoms with Crippen LogP contribution in [0.25, 0.3) is 0 Å². The molecule has 0 aromatic heterocycles. The van der Waals surface area contributed by atoms with Gasteiger partial charge in [0.15, 0.2) is 12.6 Å². The predicted molar refractivity (Wildman–Crippen MR) is 33.6 cm³/mol. The lowest BCUT2D eigenvalue weighted by atomic mass is 10.2. The third-order valence-corrected chi connectivity index (χ3v) is 1.26. The fourth-order valence-electron chi connectivity index (χ4n) is 0.783. The van der Waals surface area contributed by atoms with Crippen LogP contribution < -0.4 is 5.32 Å². The predicted octanol–water partition coefficient (Wildman–Crippen LogP) is -1.38. The van der Waals surface area contributed by atoms with Crippen LogP contribution in [0.15, 0.2) is 0 Å². The normalized spacial score (nSPS) is 23.2. The van der Waals surface area contributed by atoms with E-state index in [-0.39, 0.29) is 6.61 Å². The van der Waals surface area contributed by atoms with Gasteiger partial charge >= 0.3 is 5.97 Å². The molecule has 0 unspecified atom stereocenters. The Kier molecular flexibility index (Phi) is 1.89. The van der Waals surface area contributed by atoms with Gasteiger partial charge in [0.05, 0.1) is 0 Å². The first-order valence-electron chi connectivity index (χ1n) is 3.07. The van der Waals surface area contributed by atoms with Crippen LogP contribution in [0.2, 0.25) is 0 Å². The van der Waals surface area contributed by atoms with Crippen molar-refractivity contribution in [3.05, 3.63) is 0 Å². The van der Waals surface area contributed by atoms with E-state index in [2.05, 4.69) is 10.1 Å². The van der Waals surface area contributed by atoms with Gasteiger partial charge < -0.3 is 10.1 Å². The standard InChI is InChI=1S/C6H7NO4/c1-3(8)7-5-4(9)2-11-6(5)10/h5H,2H2,1H3,(H,7,8)/t5-/m0/s1. The highest BCUT2D eigenvalue weighted by Crippen LogP contribution is 2.01. The van der Waals surface area contributed by atoms with E-state index >= 15 is 0 Å². The highest BCUT2D eigenvalue weighted by atomic mass is 16.5. The molecule has 0 spiro atoms. The van der Waals surface area contributed by atoms with Crippen LogP contribution in [0.1, 0.15) is 6.92 Å². The highest BCUT2D eigenvalue weighted by molar-refractivity contribution is 6.10. The van der Waals surface area contributed by atoms with E-state index in [4.69, 9.17) is 0 Å². The van der Waals surface area contributed by atoms with Gasteiger partial charge in [-0.15, -0.1) is 0 Å². The van der Waals surface area contributed by atoms with E-state index in [1.165, 1.54) is 6.92 Å². The maximum absolute atomic E-state index is 10.8. The molecule has 1 rings (SSSR count). The van der Waals surface area contributed by atoms with Crippen LogP contribution in [0.5, 0.6) is 0 Å². The minimum absolute atomic E-state index is 0.232. The van der Waals surface area contributed by atoms with Crippen molar-refractivity contribution in [2.75, 3.05) is 6.61 Å². The smallest absolute Gasteiger partial charge is 0.337 e. The molecule has 1 saturated heterocycles. The Balaban J connectivity index is 2.62. The molecule has 5 heteroatoms. The molecule has 0 saturated carbocycles. The molecule has 1 aliphatic rings. The molecule has 11 heavy (non-hydrogen) atoms. The first-order valence-corrected chi connectivity index (χ1v) is 3.07. The fourth-order valence-corrected chi connectivity index (χ4v) is 0.783. The Bertz CT molecular complexity index is 207. The number of rotatable bonds is 1. The number of esters is 1. The summed E-state index contributed by atoms with van der Waals surface area (Å²) in [4.78, 5) is 31.8. The van der Waals surface area contributed by atoms with Crippen molar-refractivity contribution in [1.29, 1.82) is 0 Å². The van der Waals surface area contributed by atoms with Crippen molar-refractivity contribution >= 4 is 17.7 Å². The molecule has 1 aliphatic heterocycles. The van der Waals surface area contributed by atoms with Crippen molar-refractivity contribution in [3.63, 3.8) is 0 Å². The second kappa shape index (κ2) is 2.69. The number of Topliss-reactive ketones (excluding diaryl/α,β-unsaturated/α-hetero) is 1. The lowest BCUT2D eigenvalue weighted by Crippen LogP contribution is -2.41. The summed E-state index contributed by atoms with van der Waals surface area (Å²) in [6.45, 7) is 1.00. The SMILES string of the molecule is CC(=O)N[C@H]1C(=O)COC1=O. The minimum atomic E-state index is -1.08. The first-order chi connectivity index (χ1) is 5.11. The van der Waals surface area contributed by atoms with E-state index < -0.39 is 23.7 Å². The number of hydrogen-bond acceptors (Lipinski definition) is 4. The summed E-state index contributed by atoms with van der Waals surface area (Å²) in [6.07, 6.45) is 0. The average molecular weight is 157 g/mol. The van der Waals surface area contributed by atoms with Gasteiger partial charge in [-0.2, -0.15) is 0 Å². The van der Waals surface area contributed by atoms with Crippen LogP contribution in [0.3, 0.4) is 0 Å². The zero-order valence-electron chi connectivity index (χ0n) is 5.92. The molecule has 0 bridgehead atoms. The zero-order chi connectivity index (χ0) is 8.43. The van der Waals surface area contributed by atoms with Gasteiger partial charge in [0.2, 0.25) is 11.7 Å². The van der Waals surface area contributed by atoms with Crippen molar-refractivity contribution in [2.45, 2.75) is 13.0 Å². The average Bonchev–Trinajstić information content (AvgIpc) is 2.18. The number of nitrogens with one attached hydrogen (secondary N) is 1. The van der Waals surface area contributed by atoms with Gasteiger partial charge in [-0.25, -0.2) is 4.79 Å². The monoisotopic (exact) mass is 157 g/mol. The van der Waals surface area contributed by atoms with E-state index in [0.29, 0.717) is 0 Å². The Morgan fingerprint density at radius 3 is 2.64 bits per heavy atom. The summed E-state index contributed by atoms with van der Waals surface area (Å²) in [5, 5.41) is 2.18. The number of ketones is 1. The summed E-state index contributed by atoms with van der Waals surface area (Å²) in [6, 6.07) is -1.08. The number of hydrogen-bond donors (Lipinski definition) is 1. The van der Waals surface area contributed by atoms with Crippen molar-refractivity contribution in [1.82, 2.24) is 5.32 Å². The molecule has 0 radical (unpaired) electrons. The third kappa shape index (κ3) is 1.54. The van der Waals surface area contributed by atoms with E-state index in [9.17, 15) is 14.4 Å². The Hall–Kier alpha value is -1.39. The van der Waals surface area contributed by atoms with Gasteiger partial charge in [0.1, 0.15) is 0 Å². The van der Waals surface area contributed by atoms with Crippen LogP contribution in [-0.4, -0.2) is 30.3 Å². The second-order valence-electron chi connectivity index (χ2n) is 2.21. The summed E-state index contributed by atoms with van der Waals surface area (Å²) >= 11 is 0. The topological polar surface area (TPSA) is 72.5 Å². The van der Waals surface area contributed by atoms with E-state index in [1.54, 1.807) is 0 Å². The van der Waals surface area contributed by atoms with E-state index in [0.717, 1.165) is 0 Å². The molecule has 60 valence electrons. The quantitative estimate of drug-likeness (QED) is 0.376. The number of ether oxygens (including phenoxy) is 1. The Morgan fingerprint density at radius 2 is 2.27 bits per heavy atom. The molecule has 0 aliphatic carbocycles. The maximum atomic E-state index is 10.8. The van der Waals surface area contributed by atoms with Crippen molar-refractivity contribution < 1.29 is 19.1 Å². The Morgan fingerprint density at radius 1 is 1.64 bits per heavy atom. The molecule has 0 aromatic rings. The second-order valence-corrected chi connectivity index (χ2v) is 2.21. The third-order valence-electron chi connectivity index (χ3n) is 1.26. The van der Waals surface area contributed by atoms with Crippen molar-refractivity contribution in [2.24, 2.45) is 0 Å². The van der Waals surface area contributed by atoms with Crippen LogP contribution in [0.4, 0.5) is 0 Å². The van der Waals surface area contributed by atoms with Crippen LogP contribution in [0, 0.1) is 0 Å². The molecule has 1 amide bonds.